The third-order valence-corrected chi connectivity index (χ3v) is 5.31. The number of hydrogen-bond acceptors (Lipinski definition) is 5. The van der Waals surface area contributed by atoms with Crippen molar-refractivity contribution in [2.75, 3.05) is 4.72 Å². The Bertz CT molecular complexity index is 698. The van der Waals surface area contributed by atoms with Crippen molar-refractivity contribution in [3.63, 3.8) is 0 Å². The lowest BCUT2D eigenvalue weighted by molar-refractivity contribution is 0.601. The van der Waals surface area contributed by atoms with Gasteiger partial charge >= 0.3 is 0 Å². The molecule has 8 heteroatoms. The normalized spacial score (nSPS) is 11.5. The summed E-state index contributed by atoms with van der Waals surface area (Å²) in [5.41, 5.74) is 0.889. The van der Waals surface area contributed by atoms with Crippen molar-refractivity contribution in [2.45, 2.75) is 25.2 Å². The predicted molar refractivity (Wildman–Crippen MR) is 76.3 cm³/mol. The van der Waals surface area contributed by atoms with Crippen LogP contribution in [0.15, 0.2) is 23.2 Å². The van der Waals surface area contributed by atoms with Gasteiger partial charge in [0.2, 0.25) is 0 Å². The zero-order valence-corrected chi connectivity index (χ0v) is 12.7. The fraction of sp³-hybridized carbons (Fsp3) is 0.273. The molecule has 0 amide bonds. The maximum absolute atomic E-state index is 12.2. The van der Waals surface area contributed by atoms with Crippen LogP contribution in [0.5, 0.6) is 0 Å². The molecule has 0 radical (unpaired) electrons. The van der Waals surface area contributed by atoms with Crippen molar-refractivity contribution in [2.24, 2.45) is 0 Å². The lowest BCUT2D eigenvalue weighted by atomic mass is 10.3. The maximum Gasteiger partial charge on any atom is 0.266 e. The molecule has 5 nitrogen and oxygen atoms in total. The van der Waals surface area contributed by atoms with Crippen LogP contribution in [-0.2, 0) is 16.4 Å². The average molecular weight is 318 g/mol. The van der Waals surface area contributed by atoms with E-state index >= 15 is 0 Å². The van der Waals surface area contributed by atoms with Crippen molar-refractivity contribution in [1.29, 1.82) is 0 Å². The summed E-state index contributed by atoms with van der Waals surface area (Å²) in [6.45, 7) is 3.88. The van der Waals surface area contributed by atoms with E-state index in [2.05, 4.69) is 14.7 Å². The van der Waals surface area contributed by atoms with E-state index in [4.69, 9.17) is 11.6 Å². The molecule has 0 saturated heterocycles. The van der Waals surface area contributed by atoms with Gasteiger partial charge in [-0.15, -0.1) is 11.3 Å². The number of hydrogen-bond donors (Lipinski definition) is 1. The van der Waals surface area contributed by atoms with Gasteiger partial charge in [0.1, 0.15) is 10.0 Å². The lowest BCUT2D eigenvalue weighted by Gasteiger charge is -2.05. The lowest BCUT2D eigenvalue weighted by Crippen LogP contribution is -2.13. The molecule has 0 aliphatic carbocycles. The summed E-state index contributed by atoms with van der Waals surface area (Å²) in [6.07, 6.45) is 2.20. The molecule has 0 fully saturated rings. The fourth-order valence-electron chi connectivity index (χ4n) is 1.54. The number of sulfonamides is 1. The molecule has 0 saturated carbocycles. The minimum Gasteiger partial charge on any atom is -0.255 e. The number of aryl methyl sites for hydroxylation is 2. The minimum atomic E-state index is -3.75. The van der Waals surface area contributed by atoms with Crippen LogP contribution in [0.3, 0.4) is 0 Å². The third kappa shape index (κ3) is 3.05. The number of aromatic nitrogens is 2. The average Bonchev–Trinajstić information content (AvgIpc) is 2.68. The van der Waals surface area contributed by atoms with E-state index in [0.29, 0.717) is 5.13 Å². The van der Waals surface area contributed by atoms with Crippen molar-refractivity contribution in [3.8, 4) is 0 Å². The molecule has 19 heavy (non-hydrogen) atoms. The molecule has 0 aromatic carbocycles. The van der Waals surface area contributed by atoms with Crippen LogP contribution in [0.1, 0.15) is 17.5 Å². The van der Waals surface area contributed by atoms with Crippen LogP contribution in [0, 0.1) is 6.92 Å². The fourth-order valence-corrected chi connectivity index (χ4v) is 4.13. The van der Waals surface area contributed by atoms with Gasteiger partial charge in [0.05, 0.1) is 5.69 Å². The summed E-state index contributed by atoms with van der Waals surface area (Å²) in [4.78, 5) is 8.93. The highest BCUT2D eigenvalue weighted by Gasteiger charge is 2.20. The molecule has 0 atom stereocenters. The Morgan fingerprint density at radius 3 is 2.79 bits per heavy atom. The van der Waals surface area contributed by atoms with Gasteiger partial charge in [-0.05, 0) is 25.5 Å². The van der Waals surface area contributed by atoms with E-state index in [9.17, 15) is 8.42 Å². The molecule has 2 heterocycles. The van der Waals surface area contributed by atoms with Crippen LogP contribution >= 0.6 is 22.9 Å². The highest BCUT2D eigenvalue weighted by Crippen LogP contribution is 2.26. The third-order valence-electron chi connectivity index (χ3n) is 2.46. The minimum absolute atomic E-state index is 0.0532. The second kappa shape index (κ2) is 5.44. The Hall–Kier alpha value is -1.18. The molecule has 2 rings (SSSR count). The molecule has 0 unspecified atom stereocenters. The van der Waals surface area contributed by atoms with E-state index in [1.54, 1.807) is 0 Å². The standard InChI is InChI=1S/C11H12ClN3O2S2/c1-3-8-7(2)18-11(14-8)15-19(16,17)9-5-4-6-13-10(9)12/h4-6H,3H2,1-2H3,(H,14,15). The second-order valence-corrected chi connectivity index (χ2v) is 6.99. The van der Waals surface area contributed by atoms with E-state index in [0.717, 1.165) is 17.0 Å². The molecular weight excluding hydrogens is 306 g/mol. The Kier molecular flexibility index (Phi) is 4.07. The summed E-state index contributed by atoms with van der Waals surface area (Å²) >= 11 is 7.09. The van der Waals surface area contributed by atoms with Crippen LogP contribution in [-0.4, -0.2) is 18.4 Å². The Labute approximate surface area is 120 Å². The summed E-state index contributed by atoms with van der Waals surface area (Å²) < 4.78 is 26.8. The topological polar surface area (TPSA) is 72.0 Å². The van der Waals surface area contributed by atoms with E-state index in [1.165, 1.54) is 29.7 Å². The number of anilines is 1. The van der Waals surface area contributed by atoms with Crippen LogP contribution in [0.4, 0.5) is 5.13 Å². The molecular formula is C11H12ClN3O2S2. The van der Waals surface area contributed by atoms with E-state index < -0.39 is 10.0 Å². The van der Waals surface area contributed by atoms with Gasteiger partial charge in [-0.2, -0.15) is 0 Å². The second-order valence-electron chi connectivity index (χ2n) is 3.77. The summed E-state index contributed by atoms with van der Waals surface area (Å²) in [5, 5.41) is 0.285. The molecule has 2 aromatic rings. The number of pyridine rings is 1. The highest BCUT2D eigenvalue weighted by molar-refractivity contribution is 7.93. The molecule has 0 spiro atoms. The summed E-state index contributed by atoms with van der Waals surface area (Å²) in [7, 11) is -3.75. The number of thiazole rings is 1. The Balaban J connectivity index is 2.34. The Morgan fingerprint density at radius 2 is 2.21 bits per heavy atom. The van der Waals surface area contributed by atoms with Gasteiger partial charge in [-0.3, -0.25) is 4.72 Å². The molecule has 2 aromatic heterocycles. The van der Waals surface area contributed by atoms with Crippen LogP contribution < -0.4 is 4.72 Å². The van der Waals surface area contributed by atoms with Crippen LogP contribution in [0.2, 0.25) is 5.15 Å². The number of halogens is 1. The van der Waals surface area contributed by atoms with Gasteiger partial charge in [-0.25, -0.2) is 18.4 Å². The van der Waals surface area contributed by atoms with Crippen LogP contribution in [0.25, 0.3) is 0 Å². The molecule has 0 bridgehead atoms. The largest absolute Gasteiger partial charge is 0.266 e. The zero-order chi connectivity index (χ0) is 14.0. The number of nitrogens with one attached hydrogen (secondary N) is 1. The highest BCUT2D eigenvalue weighted by atomic mass is 35.5. The quantitative estimate of drug-likeness (QED) is 0.880. The first-order valence-electron chi connectivity index (χ1n) is 5.53. The van der Waals surface area contributed by atoms with Crippen molar-refractivity contribution >= 4 is 38.1 Å². The first-order valence-corrected chi connectivity index (χ1v) is 8.21. The van der Waals surface area contributed by atoms with Gasteiger partial charge in [0.25, 0.3) is 10.0 Å². The van der Waals surface area contributed by atoms with E-state index in [1.807, 2.05) is 13.8 Å². The first kappa shape index (κ1) is 14.2. The van der Waals surface area contributed by atoms with Crippen molar-refractivity contribution in [1.82, 2.24) is 9.97 Å². The number of rotatable bonds is 4. The zero-order valence-electron chi connectivity index (χ0n) is 10.3. The summed E-state index contributed by atoms with van der Waals surface area (Å²) in [6, 6.07) is 2.92. The van der Waals surface area contributed by atoms with Crippen molar-refractivity contribution < 1.29 is 8.42 Å². The van der Waals surface area contributed by atoms with Gasteiger partial charge in [0.15, 0.2) is 5.13 Å². The predicted octanol–water partition coefficient (Wildman–Crippen LogP) is 2.86. The van der Waals surface area contributed by atoms with Crippen molar-refractivity contribution in [3.05, 3.63) is 34.1 Å². The summed E-state index contributed by atoms with van der Waals surface area (Å²) in [5.74, 6) is 0. The monoisotopic (exact) mass is 317 g/mol. The molecule has 1 N–H and O–H groups in total. The Morgan fingerprint density at radius 1 is 1.47 bits per heavy atom. The molecule has 0 aliphatic heterocycles. The molecule has 0 aliphatic rings. The van der Waals surface area contributed by atoms with Gasteiger partial charge in [-0.1, -0.05) is 18.5 Å². The van der Waals surface area contributed by atoms with E-state index in [-0.39, 0.29) is 10.0 Å². The first-order chi connectivity index (χ1) is 8.94. The number of nitrogens with zero attached hydrogens (tertiary/aromatic N) is 2. The van der Waals surface area contributed by atoms with Gasteiger partial charge in [0, 0.05) is 11.1 Å². The SMILES string of the molecule is CCc1nc(NS(=O)(=O)c2cccnc2Cl)sc1C. The van der Waals surface area contributed by atoms with Gasteiger partial charge < -0.3 is 0 Å². The smallest absolute Gasteiger partial charge is 0.255 e. The molecule has 102 valence electrons. The maximum atomic E-state index is 12.2.